The summed E-state index contributed by atoms with van der Waals surface area (Å²) in [6.07, 6.45) is 11.5. The number of rotatable bonds is 5. The van der Waals surface area contributed by atoms with Gasteiger partial charge in [0.15, 0.2) is 0 Å². The van der Waals surface area contributed by atoms with Crippen molar-refractivity contribution in [1.82, 2.24) is 9.78 Å². The van der Waals surface area contributed by atoms with Gasteiger partial charge in [-0.15, -0.1) is 0 Å². The number of nitrogens with zero attached hydrogens (tertiary/aromatic N) is 2. The molecule has 0 amide bonds. The maximum atomic E-state index is 10.4. The third kappa shape index (κ3) is 3.58. The molecule has 1 N–H and O–H groups in total. The molecule has 1 fully saturated rings. The molecule has 0 bridgehead atoms. The Bertz CT molecular complexity index is 340. The van der Waals surface area contributed by atoms with Crippen molar-refractivity contribution in [3.05, 3.63) is 18.0 Å². The topological polar surface area (TPSA) is 38.0 Å². The number of aromatic nitrogens is 2. The number of aryl methyl sites for hydroxylation is 1. The fourth-order valence-electron chi connectivity index (χ4n) is 3.06. The standard InChI is InChI=1S/C15H26N2O/c1-2-11-17-14(9-10-16-17)15(18)12-13-7-5-3-4-6-8-13/h9-10,13,15,18H,2-8,11-12H2,1H3. The number of hydrogen-bond acceptors (Lipinski definition) is 2. The number of hydrogen-bond donors (Lipinski definition) is 1. The second-order valence-corrected chi connectivity index (χ2v) is 5.59. The van der Waals surface area contributed by atoms with E-state index in [-0.39, 0.29) is 6.10 Å². The maximum absolute atomic E-state index is 10.4. The van der Waals surface area contributed by atoms with Crippen molar-refractivity contribution < 1.29 is 5.11 Å². The van der Waals surface area contributed by atoms with Crippen LogP contribution in [0.1, 0.15) is 70.1 Å². The molecule has 0 spiro atoms. The van der Waals surface area contributed by atoms with Gasteiger partial charge >= 0.3 is 0 Å². The molecule has 1 aliphatic rings. The first-order chi connectivity index (χ1) is 8.81. The van der Waals surface area contributed by atoms with Gasteiger partial charge in [0.2, 0.25) is 0 Å². The van der Waals surface area contributed by atoms with Crippen molar-refractivity contribution in [1.29, 1.82) is 0 Å². The summed E-state index contributed by atoms with van der Waals surface area (Å²) in [4.78, 5) is 0. The van der Waals surface area contributed by atoms with E-state index in [0.717, 1.165) is 25.1 Å². The van der Waals surface area contributed by atoms with Gasteiger partial charge in [0.1, 0.15) is 0 Å². The summed E-state index contributed by atoms with van der Waals surface area (Å²) in [5, 5.41) is 14.7. The van der Waals surface area contributed by atoms with Crippen LogP contribution in [0, 0.1) is 5.92 Å². The van der Waals surface area contributed by atoms with E-state index in [1.165, 1.54) is 38.5 Å². The normalized spacial score (nSPS) is 19.7. The van der Waals surface area contributed by atoms with E-state index in [0.29, 0.717) is 5.92 Å². The van der Waals surface area contributed by atoms with Crippen LogP contribution in [-0.4, -0.2) is 14.9 Å². The molecule has 0 saturated heterocycles. The van der Waals surface area contributed by atoms with Crippen molar-refractivity contribution in [3.8, 4) is 0 Å². The van der Waals surface area contributed by atoms with Crippen molar-refractivity contribution in [2.24, 2.45) is 5.92 Å². The van der Waals surface area contributed by atoms with Crippen LogP contribution in [0.15, 0.2) is 12.3 Å². The Balaban J connectivity index is 1.93. The van der Waals surface area contributed by atoms with Crippen LogP contribution < -0.4 is 0 Å². The Morgan fingerprint density at radius 1 is 1.33 bits per heavy atom. The van der Waals surface area contributed by atoms with Gasteiger partial charge in [-0.1, -0.05) is 45.4 Å². The molecular weight excluding hydrogens is 224 g/mol. The molecule has 102 valence electrons. The van der Waals surface area contributed by atoms with Crippen molar-refractivity contribution in [3.63, 3.8) is 0 Å². The number of aliphatic hydroxyl groups is 1. The van der Waals surface area contributed by atoms with E-state index >= 15 is 0 Å². The lowest BCUT2D eigenvalue weighted by Gasteiger charge is -2.19. The van der Waals surface area contributed by atoms with E-state index in [1.54, 1.807) is 6.20 Å². The third-order valence-corrected chi connectivity index (χ3v) is 4.06. The quantitative estimate of drug-likeness (QED) is 0.809. The van der Waals surface area contributed by atoms with Crippen LogP contribution in [-0.2, 0) is 6.54 Å². The smallest absolute Gasteiger partial charge is 0.0959 e. The molecule has 1 saturated carbocycles. The lowest BCUT2D eigenvalue weighted by molar-refractivity contribution is 0.129. The zero-order chi connectivity index (χ0) is 12.8. The maximum Gasteiger partial charge on any atom is 0.0959 e. The highest BCUT2D eigenvalue weighted by atomic mass is 16.3. The van der Waals surface area contributed by atoms with Gasteiger partial charge in [-0.25, -0.2) is 0 Å². The predicted octanol–water partition coefficient (Wildman–Crippen LogP) is 3.69. The van der Waals surface area contributed by atoms with Gasteiger partial charge < -0.3 is 5.11 Å². The van der Waals surface area contributed by atoms with Crippen LogP contribution in [0.2, 0.25) is 0 Å². The van der Waals surface area contributed by atoms with Crippen LogP contribution in [0.3, 0.4) is 0 Å². The molecule has 3 nitrogen and oxygen atoms in total. The Morgan fingerprint density at radius 2 is 2.06 bits per heavy atom. The summed E-state index contributed by atoms with van der Waals surface area (Å²) < 4.78 is 1.96. The van der Waals surface area contributed by atoms with Crippen LogP contribution in [0.25, 0.3) is 0 Å². The van der Waals surface area contributed by atoms with E-state index in [1.807, 2.05) is 10.7 Å². The van der Waals surface area contributed by atoms with Gasteiger partial charge in [-0.05, 0) is 24.8 Å². The van der Waals surface area contributed by atoms with Crippen molar-refractivity contribution in [2.45, 2.75) is 70.9 Å². The van der Waals surface area contributed by atoms with E-state index in [9.17, 15) is 5.11 Å². The monoisotopic (exact) mass is 250 g/mol. The van der Waals surface area contributed by atoms with Gasteiger partial charge in [-0.3, -0.25) is 4.68 Å². The molecule has 3 heteroatoms. The van der Waals surface area contributed by atoms with Gasteiger partial charge in [0.05, 0.1) is 11.8 Å². The van der Waals surface area contributed by atoms with E-state index < -0.39 is 0 Å². The molecule has 1 atom stereocenters. The second-order valence-electron chi connectivity index (χ2n) is 5.59. The Hall–Kier alpha value is -0.830. The predicted molar refractivity (Wildman–Crippen MR) is 73.3 cm³/mol. The molecule has 1 heterocycles. The van der Waals surface area contributed by atoms with Gasteiger partial charge in [0, 0.05) is 12.7 Å². The molecule has 1 aliphatic carbocycles. The Kier molecular flexibility index (Phi) is 5.24. The Labute approximate surface area is 110 Å². The van der Waals surface area contributed by atoms with Gasteiger partial charge in [0.25, 0.3) is 0 Å². The molecule has 1 aromatic heterocycles. The molecule has 0 aromatic carbocycles. The highest BCUT2D eigenvalue weighted by Gasteiger charge is 2.20. The van der Waals surface area contributed by atoms with Crippen LogP contribution in [0.5, 0.6) is 0 Å². The first-order valence-corrected chi connectivity index (χ1v) is 7.51. The van der Waals surface area contributed by atoms with Crippen LogP contribution in [0.4, 0.5) is 0 Å². The fourth-order valence-corrected chi connectivity index (χ4v) is 3.06. The number of aliphatic hydroxyl groups excluding tert-OH is 1. The fraction of sp³-hybridized carbons (Fsp3) is 0.800. The minimum atomic E-state index is -0.331. The largest absolute Gasteiger partial charge is 0.387 e. The summed E-state index contributed by atoms with van der Waals surface area (Å²) in [5.41, 5.74) is 1.00. The molecule has 1 unspecified atom stereocenters. The third-order valence-electron chi connectivity index (χ3n) is 4.06. The molecule has 0 radical (unpaired) electrons. The van der Waals surface area contributed by atoms with Crippen molar-refractivity contribution >= 4 is 0 Å². The second kappa shape index (κ2) is 6.93. The summed E-state index contributed by atoms with van der Waals surface area (Å²) in [7, 11) is 0. The van der Waals surface area contributed by atoms with Gasteiger partial charge in [-0.2, -0.15) is 5.10 Å². The molecular formula is C15H26N2O. The van der Waals surface area contributed by atoms with Crippen molar-refractivity contribution in [2.75, 3.05) is 0 Å². The molecule has 1 aromatic rings. The van der Waals surface area contributed by atoms with E-state index in [2.05, 4.69) is 12.0 Å². The van der Waals surface area contributed by atoms with E-state index in [4.69, 9.17) is 0 Å². The first kappa shape index (κ1) is 13.6. The average molecular weight is 250 g/mol. The zero-order valence-electron chi connectivity index (χ0n) is 11.5. The summed E-state index contributed by atoms with van der Waals surface area (Å²) >= 11 is 0. The lowest BCUT2D eigenvalue weighted by atomic mass is 9.92. The highest BCUT2D eigenvalue weighted by molar-refractivity contribution is 5.04. The minimum absolute atomic E-state index is 0.331. The SMILES string of the molecule is CCCn1nccc1C(O)CC1CCCCCC1. The Morgan fingerprint density at radius 3 is 2.72 bits per heavy atom. The lowest BCUT2D eigenvalue weighted by Crippen LogP contribution is -2.12. The first-order valence-electron chi connectivity index (χ1n) is 7.51. The zero-order valence-corrected chi connectivity index (χ0v) is 11.5. The molecule has 2 rings (SSSR count). The average Bonchev–Trinajstić information content (AvgIpc) is 2.67. The molecule has 0 aliphatic heterocycles. The summed E-state index contributed by atoms with van der Waals surface area (Å²) in [6.45, 7) is 3.05. The summed E-state index contributed by atoms with van der Waals surface area (Å²) in [5.74, 6) is 0.701. The summed E-state index contributed by atoms with van der Waals surface area (Å²) in [6, 6.07) is 1.97. The highest BCUT2D eigenvalue weighted by Crippen LogP contribution is 2.30. The van der Waals surface area contributed by atoms with Crippen LogP contribution >= 0.6 is 0 Å². The molecule has 18 heavy (non-hydrogen) atoms. The minimum Gasteiger partial charge on any atom is -0.387 e.